The molecule has 0 spiro atoms. The Balaban J connectivity index is 0. The monoisotopic (exact) mass is 287 g/mol. The minimum Gasteiger partial charge on any atom is -0.677 e. The Bertz CT molecular complexity index is 151. The summed E-state index contributed by atoms with van der Waals surface area (Å²) in [4.78, 5) is 11.4. The number of nitrogens with one attached hydrogen (secondary N) is 1. The number of hydrogen-bond donors (Lipinski definition) is 0. The van der Waals surface area contributed by atoms with Gasteiger partial charge < -0.3 is 5.73 Å². The molecule has 0 amide bonds. The molecule has 3 heteroatoms. The maximum absolute atomic E-state index is 11.4. The zero-order valence-corrected chi connectivity index (χ0v) is 13.1. The minimum atomic E-state index is 0. The number of carbonyl (C=O) groups is 1. The topological polar surface area (TPSA) is 40.9 Å². The predicted octanol–water partition coefficient (Wildman–Crippen LogP) is 3.99. The number of carbonyl (C=O) groups excluding carboxylic acids is 1. The van der Waals surface area contributed by atoms with E-state index in [1.165, 1.54) is 6.42 Å². The van der Waals surface area contributed by atoms with Gasteiger partial charge in [-0.2, -0.15) is 6.54 Å². The smallest absolute Gasteiger partial charge is 0.135 e. The van der Waals surface area contributed by atoms with Crippen LogP contribution in [-0.4, -0.2) is 12.3 Å². The molecule has 1 radical (unpaired) electrons. The standard InChI is InChI=1S/C12H24NO.Y/c1-3-11(2)12(14)9-7-5-4-6-8-10-13;/h11,13H,3-10H2,1-2H3;/q-1;. The zero-order valence-electron chi connectivity index (χ0n) is 10.2. The van der Waals surface area contributed by atoms with Crippen LogP contribution in [0.2, 0.25) is 0 Å². The van der Waals surface area contributed by atoms with Gasteiger partial charge in [-0.15, -0.1) is 0 Å². The van der Waals surface area contributed by atoms with Gasteiger partial charge in [-0.25, -0.2) is 0 Å². The van der Waals surface area contributed by atoms with E-state index in [-0.39, 0.29) is 38.6 Å². The van der Waals surface area contributed by atoms with Crippen molar-refractivity contribution < 1.29 is 37.5 Å². The minimum absolute atomic E-state index is 0. The molecule has 0 heterocycles. The van der Waals surface area contributed by atoms with E-state index >= 15 is 0 Å². The fourth-order valence-corrected chi connectivity index (χ4v) is 1.43. The fourth-order valence-electron chi connectivity index (χ4n) is 1.43. The predicted molar refractivity (Wildman–Crippen MR) is 61.4 cm³/mol. The van der Waals surface area contributed by atoms with E-state index < -0.39 is 0 Å². The van der Waals surface area contributed by atoms with Crippen molar-refractivity contribution in [2.24, 2.45) is 5.92 Å². The van der Waals surface area contributed by atoms with Crippen LogP contribution in [0.4, 0.5) is 0 Å². The Hall–Kier alpha value is 0.734. The first-order valence-electron chi connectivity index (χ1n) is 5.89. The van der Waals surface area contributed by atoms with Crippen molar-refractivity contribution in [3.8, 4) is 0 Å². The van der Waals surface area contributed by atoms with E-state index in [0.717, 1.165) is 38.5 Å². The summed E-state index contributed by atoms with van der Waals surface area (Å²) in [7, 11) is 0. The molecule has 0 aromatic heterocycles. The SMILES string of the molecule is CCC(C)C(=O)CCCCCCC[NH-].[Y]. The molecule has 1 unspecified atom stereocenters. The molecular weight excluding hydrogens is 263 g/mol. The molecule has 0 aromatic rings. The van der Waals surface area contributed by atoms with Gasteiger partial charge in [0, 0.05) is 45.0 Å². The first-order valence-corrected chi connectivity index (χ1v) is 5.89. The van der Waals surface area contributed by atoms with Gasteiger partial charge >= 0.3 is 0 Å². The Morgan fingerprint density at radius 3 is 2.20 bits per heavy atom. The van der Waals surface area contributed by atoms with Gasteiger partial charge in [0.05, 0.1) is 0 Å². The summed E-state index contributed by atoms with van der Waals surface area (Å²) in [5.74, 6) is 0.677. The molecule has 87 valence electrons. The van der Waals surface area contributed by atoms with Crippen molar-refractivity contribution in [2.75, 3.05) is 6.54 Å². The fraction of sp³-hybridized carbons (Fsp3) is 0.917. The summed E-state index contributed by atoms with van der Waals surface area (Å²) >= 11 is 0. The molecule has 0 aromatic carbocycles. The third kappa shape index (κ3) is 11.0. The summed E-state index contributed by atoms with van der Waals surface area (Å²) in [5.41, 5.74) is 6.98. The summed E-state index contributed by atoms with van der Waals surface area (Å²) in [6.07, 6.45) is 7.28. The molecule has 15 heavy (non-hydrogen) atoms. The average molecular weight is 287 g/mol. The first kappa shape index (κ1) is 18.1. The quantitative estimate of drug-likeness (QED) is 0.591. The van der Waals surface area contributed by atoms with Gasteiger partial charge in [0.15, 0.2) is 0 Å². The van der Waals surface area contributed by atoms with Gasteiger partial charge in [-0.3, -0.25) is 4.79 Å². The van der Waals surface area contributed by atoms with E-state index in [1.54, 1.807) is 0 Å². The normalized spacial score (nSPS) is 11.9. The molecule has 0 bridgehead atoms. The number of ketones is 1. The van der Waals surface area contributed by atoms with Gasteiger partial charge in [-0.1, -0.05) is 39.5 Å². The molecule has 1 atom stereocenters. The maximum Gasteiger partial charge on any atom is 0.135 e. The van der Waals surface area contributed by atoms with Crippen LogP contribution < -0.4 is 0 Å². The molecular formula is C12H24NOY-. The van der Waals surface area contributed by atoms with Crippen LogP contribution in [0.15, 0.2) is 0 Å². The third-order valence-electron chi connectivity index (χ3n) is 2.76. The summed E-state index contributed by atoms with van der Waals surface area (Å²) in [6.45, 7) is 4.63. The maximum atomic E-state index is 11.4. The molecule has 0 aliphatic rings. The van der Waals surface area contributed by atoms with Crippen molar-refractivity contribution in [1.82, 2.24) is 0 Å². The molecule has 0 aliphatic heterocycles. The molecule has 1 N–H and O–H groups in total. The average Bonchev–Trinajstić information content (AvgIpc) is 2.21. The van der Waals surface area contributed by atoms with Crippen LogP contribution in [0, 0.1) is 5.92 Å². The summed E-state index contributed by atoms with van der Waals surface area (Å²) < 4.78 is 0. The van der Waals surface area contributed by atoms with Crippen LogP contribution in [-0.2, 0) is 37.5 Å². The van der Waals surface area contributed by atoms with E-state index in [2.05, 4.69) is 6.92 Å². The van der Waals surface area contributed by atoms with E-state index in [1.807, 2.05) is 6.92 Å². The van der Waals surface area contributed by atoms with Gasteiger partial charge in [0.2, 0.25) is 0 Å². The van der Waals surface area contributed by atoms with E-state index in [9.17, 15) is 4.79 Å². The molecule has 0 aliphatic carbocycles. The second-order valence-corrected chi connectivity index (χ2v) is 4.04. The van der Waals surface area contributed by atoms with Gasteiger partial charge in [0.25, 0.3) is 0 Å². The second kappa shape index (κ2) is 12.8. The number of unbranched alkanes of at least 4 members (excludes halogenated alkanes) is 4. The van der Waals surface area contributed by atoms with Crippen LogP contribution >= 0.6 is 0 Å². The Labute approximate surface area is 120 Å². The van der Waals surface area contributed by atoms with Crippen LogP contribution in [0.1, 0.15) is 58.8 Å². The van der Waals surface area contributed by atoms with Crippen LogP contribution in [0.3, 0.4) is 0 Å². The number of rotatable bonds is 9. The van der Waals surface area contributed by atoms with Gasteiger partial charge in [0.1, 0.15) is 5.78 Å². The molecule has 0 fully saturated rings. The van der Waals surface area contributed by atoms with Crippen molar-refractivity contribution in [2.45, 2.75) is 58.8 Å². The first-order chi connectivity index (χ1) is 6.72. The van der Waals surface area contributed by atoms with Crippen LogP contribution in [0.25, 0.3) is 5.73 Å². The van der Waals surface area contributed by atoms with Crippen LogP contribution in [0.5, 0.6) is 0 Å². The van der Waals surface area contributed by atoms with Gasteiger partial charge in [-0.05, 0) is 12.8 Å². The van der Waals surface area contributed by atoms with Crippen molar-refractivity contribution >= 4 is 5.78 Å². The number of Topliss-reactive ketones (excluding diaryl/α,β-unsaturated/α-hetero) is 1. The Kier molecular flexibility index (Phi) is 15.5. The largest absolute Gasteiger partial charge is 0.677 e. The molecule has 0 saturated carbocycles. The second-order valence-electron chi connectivity index (χ2n) is 4.04. The Morgan fingerprint density at radius 1 is 1.13 bits per heavy atom. The van der Waals surface area contributed by atoms with Crippen molar-refractivity contribution in [3.63, 3.8) is 0 Å². The molecule has 0 saturated heterocycles. The van der Waals surface area contributed by atoms with E-state index in [0.29, 0.717) is 12.3 Å². The molecule has 0 rings (SSSR count). The summed E-state index contributed by atoms with van der Waals surface area (Å²) in [5, 5.41) is 0. The van der Waals surface area contributed by atoms with Crippen molar-refractivity contribution in [1.29, 1.82) is 0 Å². The van der Waals surface area contributed by atoms with Crippen molar-refractivity contribution in [3.05, 3.63) is 5.73 Å². The zero-order chi connectivity index (χ0) is 10.8. The van der Waals surface area contributed by atoms with E-state index in [4.69, 9.17) is 5.73 Å². The Morgan fingerprint density at radius 2 is 1.67 bits per heavy atom. The third-order valence-corrected chi connectivity index (χ3v) is 2.76. The summed E-state index contributed by atoms with van der Waals surface area (Å²) in [6, 6.07) is 0. The molecule has 2 nitrogen and oxygen atoms in total. The number of hydrogen-bond acceptors (Lipinski definition) is 1.